The van der Waals surface area contributed by atoms with Crippen molar-refractivity contribution in [2.75, 3.05) is 18.5 Å². The highest BCUT2D eigenvalue weighted by Crippen LogP contribution is 2.37. The lowest BCUT2D eigenvalue weighted by atomic mass is 9.94. The molecule has 0 amide bonds. The van der Waals surface area contributed by atoms with Crippen LogP contribution in [0.1, 0.15) is 50.9 Å². The number of benzene rings is 1. The Morgan fingerprint density at radius 2 is 2.16 bits per heavy atom. The van der Waals surface area contributed by atoms with Crippen LogP contribution in [0.3, 0.4) is 0 Å². The molecule has 10 nitrogen and oxygen atoms in total. The molecular formula is C24H25BrN4O6S2. The molecule has 2 aliphatic rings. The quantitative estimate of drug-likeness (QED) is 0.327. The van der Waals surface area contributed by atoms with E-state index in [0.717, 1.165) is 22.0 Å². The minimum absolute atomic E-state index is 0.214. The first-order valence-corrected chi connectivity index (χ1v) is 14.8. The summed E-state index contributed by atoms with van der Waals surface area (Å²) in [5.74, 6) is -0.296. The largest absolute Gasteiger partial charge is 0.393 e. The molecule has 1 aliphatic heterocycles. The normalized spacial score (nSPS) is 23.5. The lowest BCUT2D eigenvalue weighted by Crippen LogP contribution is -2.24. The minimum atomic E-state index is -4.09. The van der Waals surface area contributed by atoms with Crippen molar-refractivity contribution in [3.63, 3.8) is 0 Å². The molecular weight excluding hydrogens is 584 g/mol. The third-order valence-electron chi connectivity index (χ3n) is 6.59. The summed E-state index contributed by atoms with van der Waals surface area (Å²) in [5, 5.41) is 20.4. The van der Waals surface area contributed by atoms with E-state index < -0.39 is 22.3 Å². The fraction of sp³-hybridized carbons (Fsp3) is 0.375. The molecule has 1 fully saturated rings. The number of halogens is 1. The summed E-state index contributed by atoms with van der Waals surface area (Å²) in [6.45, 7) is 0.393. The van der Waals surface area contributed by atoms with Crippen LogP contribution in [0.5, 0.6) is 0 Å². The molecule has 13 heteroatoms. The maximum Gasteiger partial charge on any atom is 0.333 e. The fourth-order valence-electron chi connectivity index (χ4n) is 4.82. The molecule has 4 atom stereocenters. The van der Waals surface area contributed by atoms with Gasteiger partial charge in [0.1, 0.15) is 18.2 Å². The number of carbonyl (C=O) groups is 1. The Balaban J connectivity index is 1.32. The Morgan fingerprint density at radius 3 is 2.97 bits per heavy atom. The SMILES string of the molecule is NS(=O)(=O)OC[C@H]1C[C@@H](Nc2ncncc2C(=O)c2cc([C@H]3OCCc4ccc(Br)cc43)cs2)C[C@@H]1O. The van der Waals surface area contributed by atoms with E-state index in [2.05, 4.69) is 47.5 Å². The van der Waals surface area contributed by atoms with Crippen LogP contribution in [0, 0.1) is 5.92 Å². The van der Waals surface area contributed by atoms with Crippen LogP contribution in [-0.2, 0) is 25.6 Å². The zero-order valence-electron chi connectivity index (χ0n) is 19.5. The van der Waals surface area contributed by atoms with Crippen molar-refractivity contribution >= 4 is 49.2 Å². The number of anilines is 1. The molecule has 5 rings (SSSR count). The maximum absolute atomic E-state index is 13.5. The van der Waals surface area contributed by atoms with Crippen molar-refractivity contribution in [1.29, 1.82) is 0 Å². The smallest absolute Gasteiger partial charge is 0.333 e. The first-order chi connectivity index (χ1) is 17.7. The number of aliphatic hydroxyl groups excluding tert-OH is 1. The average molecular weight is 610 g/mol. The van der Waals surface area contributed by atoms with Gasteiger partial charge in [-0.2, -0.15) is 8.42 Å². The van der Waals surface area contributed by atoms with Crippen molar-refractivity contribution in [2.45, 2.75) is 37.5 Å². The molecule has 3 heterocycles. The minimum Gasteiger partial charge on any atom is -0.393 e. The van der Waals surface area contributed by atoms with Gasteiger partial charge in [-0.1, -0.05) is 22.0 Å². The van der Waals surface area contributed by atoms with Gasteiger partial charge in [-0.3, -0.25) is 8.98 Å². The molecule has 196 valence electrons. The maximum atomic E-state index is 13.5. The number of hydrogen-bond donors (Lipinski definition) is 3. The Morgan fingerprint density at radius 1 is 1.32 bits per heavy atom. The second-order valence-corrected chi connectivity index (χ2v) is 12.2. The molecule has 0 bridgehead atoms. The van der Waals surface area contributed by atoms with Gasteiger partial charge in [-0.15, -0.1) is 11.3 Å². The fourth-order valence-corrected chi connectivity index (χ4v) is 6.44. The molecule has 1 aliphatic carbocycles. The average Bonchev–Trinajstić information content (AvgIpc) is 3.48. The lowest BCUT2D eigenvalue weighted by molar-refractivity contribution is 0.0700. The molecule has 0 spiro atoms. The number of nitrogens with one attached hydrogen (secondary N) is 1. The van der Waals surface area contributed by atoms with Gasteiger partial charge >= 0.3 is 10.3 Å². The molecule has 0 unspecified atom stereocenters. The van der Waals surface area contributed by atoms with Crippen LogP contribution in [-0.4, -0.2) is 54.6 Å². The standard InChI is InChI=1S/C24H25BrN4O6S2/c25-16-2-1-13-3-4-34-23(18(13)7-16)15-6-21(36-11-15)22(31)19-9-27-12-28-24(19)29-17-5-14(20(30)8-17)10-35-37(26,32)33/h1-2,6-7,9,11-12,14,17,20,23,30H,3-5,8,10H2,(H2,26,32,33)(H,27,28,29)/t14-,17-,20+,23-/m1/s1. The molecule has 4 N–H and O–H groups in total. The summed E-state index contributed by atoms with van der Waals surface area (Å²) in [6, 6.07) is 7.78. The van der Waals surface area contributed by atoms with Gasteiger partial charge in [-0.25, -0.2) is 15.1 Å². The zero-order valence-corrected chi connectivity index (χ0v) is 22.8. The van der Waals surface area contributed by atoms with Gasteiger partial charge < -0.3 is 15.2 Å². The number of nitrogens with zero attached hydrogens (tertiary/aromatic N) is 2. The first kappa shape index (κ1) is 26.4. The number of rotatable bonds is 8. The predicted octanol–water partition coefficient (Wildman–Crippen LogP) is 2.97. The van der Waals surface area contributed by atoms with E-state index in [1.54, 1.807) is 0 Å². The van der Waals surface area contributed by atoms with E-state index in [4.69, 9.17) is 9.88 Å². The number of aromatic nitrogens is 2. The molecule has 37 heavy (non-hydrogen) atoms. The number of aliphatic hydroxyl groups is 1. The number of ether oxygens (including phenoxy) is 1. The summed E-state index contributed by atoms with van der Waals surface area (Å²) >= 11 is 4.87. The van der Waals surface area contributed by atoms with Gasteiger partial charge in [0.15, 0.2) is 0 Å². The Hall–Kier alpha value is -2.26. The van der Waals surface area contributed by atoms with Crippen LogP contribution in [0.2, 0.25) is 0 Å². The summed E-state index contributed by atoms with van der Waals surface area (Å²) in [7, 11) is -4.09. The van der Waals surface area contributed by atoms with E-state index in [0.29, 0.717) is 35.7 Å². The van der Waals surface area contributed by atoms with Crippen molar-refractivity contribution < 1.29 is 27.2 Å². The predicted molar refractivity (Wildman–Crippen MR) is 141 cm³/mol. The van der Waals surface area contributed by atoms with Crippen molar-refractivity contribution in [3.8, 4) is 0 Å². The number of thiophene rings is 1. The van der Waals surface area contributed by atoms with E-state index in [1.807, 2.05) is 17.5 Å². The highest BCUT2D eigenvalue weighted by atomic mass is 79.9. The Kier molecular flexibility index (Phi) is 7.73. The third-order valence-corrected chi connectivity index (χ3v) is 8.50. The third kappa shape index (κ3) is 6.08. The number of hydrogen-bond acceptors (Lipinski definition) is 10. The molecule has 0 radical (unpaired) electrons. The van der Waals surface area contributed by atoms with E-state index in [9.17, 15) is 18.3 Å². The molecule has 3 aromatic rings. The van der Waals surface area contributed by atoms with Crippen LogP contribution < -0.4 is 10.5 Å². The topological polar surface area (TPSA) is 154 Å². The molecule has 1 aromatic carbocycles. The number of carbonyl (C=O) groups excluding carboxylic acids is 1. The van der Waals surface area contributed by atoms with Gasteiger partial charge in [0, 0.05) is 22.6 Å². The van der Waals surface area contributed by atoms with Gasteiger partial charge in [0.05, 0.1) is 29.8 Å². The van der Waals surface area contributed by atoms with Gasteiger partial charge in [0.2, 0.25) is 5.78 Å². The molecule has 1 saturated carbocycles. The molecule has 0 saturated heterocycles. The van der Waals surface area contributed by atoms with Crippen LogP contribution in [0.25, 0.3) is 0 Å². The summed E-state index contributed by atoms with van der Waals surface area (Å²) < 4.78 is 33.9. The number of ketones is 1. The number of nitrogens with two attached hydrogens (primary N) is 1. The Bertz CT molecular complexity index is 1420. The monoisotopic (exact) mass is 608 g/mol. The van der Waals surface area contributed by atoms with Crippen LogP contribution in [0.15, 0.2) is 46.6 Å². The Labute approximate surface area is 226 Å². The molecule has 2 aromatic heterocycles. The van der Waals surface area contributed by atoms with E-state index >= 15 is 0 Å². The summed E-state index contributed by atoms with van der Waals surface area (Å²) in [6.07, 6.45) is 3.39. The second-order valence-electron chi connectivity index (χ2n) is 9.12. The van der Waals surface area contributed by atoms with Crippen molar-refractivity contribution in [3.05, 3.63) is 73.8 Å². The highest BCUT2D eigenvalue weighted by Gasteiger charge is 2.35. The highest BCUT2D eigenvalue weighted by molar-refractivity contribution is 9.10. The van der Waals surface area contributed by atoms with E-state index in [1.165, 1.54) is 29.4 Å². The second kappa shape index (κ2) is 10.8. The van der Waals surface area contributed by atoms with E-state index in [-0.39, 0.29) is 24.5 Å². The van der Waals surface area contributed by atoms with Crippen LogP contribution >= 0.6 is 27.3 Å². The summed E-state index contributed by atoms with van der Waals surface area (Å²) in [5.41, 5.74) is 3.54. The van der Waals surface area contributed by atoms with Crippen molar-refractivity contribution in [1.82, 2.24) is 9.97 Å². The van der Waals surface area contributed by atoms with Gasteiger partial charge in [-0.05, 0) is 59.5 Å². The van der Waals surface area contributed by atoms with Crippen molar-refractivity contribution in [2.24, 2.45) is 11.1 Å². The number of fused-ring (bicyclic) bond motifs is 1. The lowest BCUT2D eigenvalue weighted by Gasteiger charge is -2.25. The zero-order chi connectivity index (χ0) is 26.2. The summed E-state index contributed by atoms with van der Waals surface area (Å²) in [4.78, 5) is 22.3. The first-order valence-electron chi connectivity index (χ1n) is 11.6. The van der Waals surface area contributed by atoms with Crippen LogP contribution in [0.4, 0.5) is 5.82 Å². The van der Waals surface area contributed by atoms with Gasteiger partial charge in [0.25, 0.3) is 0 Å².